The molecule has 2 aliphatic rings. The van der Waals surface area contributed by atoms with Gasteiger partial charge in [-0.05, 0) is 11.8 Å². The molecule has 3 heterocycles. The van der Waals surface area contributed by atoms with E-state index >= 15 is 0 Å². The second kappa shape index (κ2) is 4.48. The summed E-state index contributed by atoms with van der Waals surface area (Å²) in [6.45, 7) is 3.71. The lowest BCUT2D eigenvalue weighted by molar-refractivity contribution is -0.385. The Balaban J connectivity index is 1.89. The fourth-order valence-corrected chi connectivity index (χ4v) is 2.91. The molecule has 0 aromatic carbocycles. The highest BCUT2D eigenvalue weighted by Gasteiger charge is 2.37. The van der Waals surface area contributed by atoms with Gasteiger partial charge in [-0.15, -0.1) is 0 Å². The van der Waals surface area contributed by atoms with Crippen LogP contribution < -0.4 is 10.2 Å². The Morgan fingerprint density at radius 2 is 2.16 bits per heavy atom. The number of aromatic nitrogens is 1. The summed E-state index contributed by atoms with van der Waals surface area (Å²) in [4.78, 5) is 16.4. The first kappa shape index (κ1) is 11.9. The third-order valence-corrected chi connectivity index (χ3v) is 3.87. The number of hydrogen-bond donors (Lipinski definition) is 1. The second-order valence-corrected chi connectivity index (χ2v) is 5.02. The first-order valence-electron chi connectivity index (χ1n) is 6.19. The molecule has 0 saturated carbocycles. The van der Waals surface area contributed by atoms with Gasteiger partial charge in [-0.25, -0.2) is 4.98 Å². The number of nitriles is 1. The molecule has 2 unspecified atom stereocenters. The van der Waals surface area contributed by atoms with Gasteiger partial charge in [0.1, 0.15) is 23.6 Å². The number of pyridine rings is 1. The van der Waals surface area contributed by atoms with Crippen LogP contribution in [0.25, 0.3) is 0 Å². The van der Waals surface area contributed by atoms with E-state index in [4.69, 9.17) is 5.26 Å². The van der Waals surface area contributed by atoms with Crippen LogP contribution in [0.2, 0.25) is 0 Å². The Hall–Kier alpha value is -2.20. The van der Waals surface area contributed by atoms with Gasteiger partial charge in [0.25, 0.3) is 5.69 Å². The van der Waals surface area contributed by atoms with E-state index in [0.29, 0.717) is 17.7 Å². The molecule has 98 valence electrons. The van der Waals surface area contributed by atoms with Gasteiger partial charge in [0, 0.05) is 32.2 Å². The topological polar surface area (TPSA) is 95.1 Å². The van der Waals surface area contributed by atoms with Gasteiger partial charge in [0.05, 0.1) is 4.92 Å². The zero-order valence-electron chi connectivity index (χ0n) is 10.2. The quantitative estimate of drug-likeness (QED) is 0.614. The number of nitro groups is 1. The molecule has 7 heteroatoms. The van der Waals surface area contributed by atoms with Gasteiger partial charge < -0.3 is 10.2 Å². The lowest BCUT2D eigenvalue weighted by Crippen LogP contribution is -2.26. The summed E-state index contributed by atoms with van der Waals surface area (Å²) in [6, 6.07) is 3.31. The minimum Gasteiger partial charge on any atom is -0.355 e. The van der Waals surface area contributed by atoms with Crippen LogP contribution >= 0.6 is 0 Å². The lowest BCUT2D eigenvalue weighted by Gasteiger charge is -2.19. The van der Waals surface area contributed by atoms with E-state index in [2.05, 4.69) is 15.2 Å². The first-order valence-corrected chi connectivity index (χ1v) is 6.19. The summed E-state index contributed by atoms with van der Waals surface area (Å²) in [6.07, 6.45) is 1.22. The predicted octanol–water partition coefficient (Wildman–Crippen LogP) is 0.517. The number of nitrogens with one attached hydrogen (secondary N) is 1. The van der Waals surface area contributed by atoms with Crippen LogP contribution in [0, 0.1) is 33.3 Å². The van der Waals surface area contributed by atoms with Gasteiger partial charge in [0.2, 0.25) is 0 Å². The van der Waals surface area contributed by atoms with Crippen molar-refractivity contribution < 1.29 is 4.92 Å². The normalized spacial score (nSPS) is 25.1. The third kappa shape index (κ3) is 2.00. The smallest absolute Gasteiger partial charge is 0.289 e. The van der Waals surface area contributed by atoms with E-state index in [0.717, 1.165) is 26.2 Å². The molecule has 0 amide bonds. The SMILES string of the molecule is N#Cc1cc([N+](=O)[O-])cnc1N1CC2CNCC2C1. The summed E-state index contributed by atoms with van der Waals surface area (Å²) in [5.74, 6) is 1.74. The van der Waals surface area contributed by atoms with E-state index in [1.54, 1.807) is 0 Å². The van der Waals surface area contributed by atoms with Crippen LogP contribution in [0.3, 0.4) is 0 Å². The molecule has 19 heavy (non-hydrogen) atoms. The molecule has 1 N–H and O–H groups in total. The maximum absolute atomic E-state index is 10.7. The third-order valence-electron chi connectivity index (χ3n) is 3.87. The number of fused-ring (bicyclic) bond motifs is 1. The van der Waals surface area contributed by atoms with Crippen LogP contribution in [-0.4, -0.2) is 36.1 Å². The van der Waals surface area contributed by atoms with Crippen LogP contribution in [0.1, 0.15) is 5.56 Å². The van der Waals surface area contributed by atoms with Gasteiger partial charge in [-0.2, -0.15) is 5.26 Å². The molecule has 0 bridgehead atoms. The Morgan fingerprint density at radius 1 is 1.47 bits per heavy atom. The maximum atomic E-state index is 10.7. The molecule has 1 aromatic rings. The van der Waals surface area contributed by atoms with Crippen LogP contribution in [0.4, 0.5) is 11.5 Å². The Morgan fingerprint density at radius 3 is 2.74 bits per heavy atom. The lowest BCUT2D eigenvalue weighted by atomic mass is 10.0. The van der Waals surface area contributed by atoms with Crippen molar-refractivity contribution in [2.24, 2.45) is 11.8 Å². The molecule has 2 fully saturated rings. The number of rotatable bonds is 2. The Bertz CT molecular complexity index is 556. The largest absolute Gasteiger partial charge is 0.355 e. The molecule has 0 radical (unpaired) electrons. The zero-order chi connectivity index (χ0) is 13.4. The van der Waals surface area contributed by atoms with Gasteiger partial charge in [-0.1, -0.05) is 0 Å². The van der Waals surface area contributed by atoms with Gasteiger partial charge in [0.15, 0.2) is 0 Å². The molecule has 0 aliphatic carbocycles. The molecular weight excluding hydrogens is 246 g/mol. The summed E-state index contributed by atoms with van der Waals surface area (Å²) < 4.78 is 0. The van der Waals surface area contributed by atoms with Gasteiger partial charge >= 0.3 is 0 Å². The van der Waals surface area contributed by atoms with E-state index in [-0.39, 0.29) is 11.3 Å². The minimum absolute atomic E-state index is 0.138. The second-order valence-electron chi connectivity index (χ2n) is 5.02. The monoisotopic (exact) mass is 259 g/mol. The van der Waals surface area contributed by atoms with Crippen molar-refractivity contribution in [2.45, 2.75) is 0 Å². The fraction of sp³-hybridized carbons (Fsp3) is 0.500. The molecular formula is C12H13N5O2. The summed E-state index contributed by atoms with van der Waals surface area (Å²) in [7, 11) is 0. The van der Waals surface area contributed by atoms with E-state index in [9.17, 15) is 10.1 Å². The zero-order valence-corrected chi connectivity index (χ0v) is 10.2. The van der Waals surface area contributed by atoms with Crippen LogP contribution in [-0.2, 0) is 0 Å². The van der Waals surface area contributed by atoms with Gasteiger partial charge in [-0.3, -0.25) is 10.1 Å². The molecule has 2 atom stereocenters. The molecule has 0 spiro atoms. The van der Waals surface area contributed by atoms with E-state index in [1.807, 2.05) is 6.07 Å². The molecule has 1 aromatic heterocycles. The van der Waals surface area contributed by atoms with Crippen LogP contribution in [0.15, 0.2) is 12.3 Å². The summed E-state index contributed by atoms with van der Waals surface area (Å²) in [5, 5.41) is 23.2. The van der Waals surface area contributed by atoms with Crippen molar-refractivity contribution in [3.63, 3.8) is 0 Å². The standard InChI is InChI=1S/C12H13N5O2/c13-2-8-1-11(17(18)19)5-15-12(8)16-6-9-3-14-4-10(9)7-16/h1,5,9-10,14H,3-4,6-7H2. The average Bonchev–Trinajstić information content (AvgIpc) is 2.98. The first-order chi connectivity index (χ1) is 9.19. The van der Waals surface area contributed by atoms with E-state index in [1.165, 1.54) is 12.3 Å². The average molecular weight is 259 g/mol. The number of hydrogen-bond acceptors (Lipinski definition) is 6. The molecule has 7 nitrogen and oxygen atoms in total. The fourth-order valence-electron chi connectivity index (χ4n) is 2.91. The Kier molecular flexibility index (Phi) is 2.80. The number of anilines is 1. The number of nitrogens with zero attached hydrogens (tertiary/aromatic N) is 4. The summed E-state index contributed by atoms with van der Waals surface area (Å²) in [5.41, 5.74) is 0.142. The van der Waals surface area contributed by atoms with Crippen molar-refractivity contribution in [3.8, 4) is 6.07 Å². The van der Waals surface area contributed by atoms with Crippen molar-refractivity contribution in [2.75, 3.05) is 31.1 Å². The Labute approximate surface area is 110 Å². The highest BCUT2D eigenvalue weighted by atomic mass is 16.6. The highest BCUT2D eigenvalue weighted by molar-refractivity contribution is 5.58. The van der Waals surface area contributed by atoms with E-state index < -0.39 is 4.92 Å². The molecule has 3 rings (SSSR count). The summed E-state index contributed by atoms with van der Waals surface area (Å²) >= 11 is 0. The maximum Gasteiger partial charge on any atom is 0.289 e. The molecule has 2 saturated heterocycles. The van der Waals surface area contributed by atoms with Crippen molar-refractivity contribution in [1.82, 2.24) is 10.3 Å². The minimum atomic E-state index is -0.528. The van der Waals surface area contributed by atoms with Crippen molar-refractivity contribution in [3.05, 3.63) is 27.9 Å². The predicted molar refractivity (Wildman–Crippen MR) is 67.7 cm³/mol. The molecule has 2 aliphatic heterocycles. The van der Waals surface area contributed by atoms with Crippen molar-refractivity contribution >= 4 is 11.5 Å². The van der Waals surface area contributed by atoms with Crippen LogP contribution in [0.5, 0.6) is 0 Å². The highest BCUT2D eigenvalue weighted by Crippen LogP contribution is 2.31. The van der Waals surface area contributed by atoms with Crippen molar-refractivity contribution in [1.29, 1.82) is 5.26 Å².